The zero-order valence-corrected chi connectivity index (χ0v) is 17.8. The molecule has 1 aromatic heterocycles. The summed E-state index contributed by atoms with van der Waals surface area (Å²) in [5.41, 5.74) is 2.11. The Bertz CT molecular complexity index is 944. The van der Waals surface area contributed by atoms with Gasteiger partial charge in [0.1, 0.15) is 9.77 Å². The smallest absolute Gasteiger partial charge is 0.263 e. The van der Waals surface area contributed by atoms with Gasteiger partial charge in [-0.1, -0.05) is 12.1 Å². The Hall–Kier alpha value is -1.94. The summed E-state index contributed by atoms with van der Waals surface area (Å²) in [6, 6.07) is 9.59. The summed E-state index contributed by atoms with van der Waals surface area (Å²) < 4.78 is 32.5. The number of ether oxygens (including phenoxy) is 1. The predicted octanol–water partition coefficient (Wildman–Crippen LogP) is 2.30. The Balaban J connectivity index is 1.40. The summed E-state index contributed by atoms with van der Waals surface area (Å²) in [6.07, 6.45) is 1.73. The van der Waals surface area contributed by atoms with E-state index >= 15 is 0 Å². The van der Waals surface area contributed by atoms with Crippen molar-refractivity contribution in [2.24, 2.45) is 0 Å². The van der Waals surface area contributed by atoms with Crippen LogP contribution in [0.3, 0.4) is 0 Å². The zero-order valence-electron chi connectivity index (χ0n) is 16.2. The normalized spacial score (nSPS) is 18.1. The number of carbonyl (C=O) groups is 1. The van der Waals surface area contributed by atoms with E-state index in [4.69, 9.17) is 4.74 Å². The quantitative estimate of drug-likeness (QED) is 0.753. The van der Waals surface area contributed by atoms with Crippen molar-refractivity contribution in [1.82, 2.24) is 9.62 Å². The number of anilines is 1. The molecule has 0 atom stereocenters. The monoisotopic (exact) mass is 435 g/mol. The molecule has 0 unspecified atom stereocenters. The highest BCUT2D eigenvalue weighted by molar-refractivity contribution is 7.89. The van der Waals surface area contributed by atoms with Gasteiger partial charge in [-0.3, -0.25) is 4.79 Å². The summed E-state index contributed by atoms with van der Waals surface area (Å²) in [7, 11) is -3.60. The Kier molecular flexibility index (Phi) is 6.19. The third-order valence-electron chi connectivity index (χ3n) is 5.28. The summed E-state index contributed by atoms with van der Waals surface area (Å²) >= 11 is 1.16. The van der Waals surface area contributed by atoms with Crippen molar-refractivity contribution in [2.45, 2.75) is 24.3 Å². The lowest BCUT2D eigenvalue weighted by Crippen LogP contribution is -2.36. The van der Waals surface area contributed by atoms with Crippen LogP contribution in [0, 0.1) is 0 Å². The van der Waals surface area contributed by atoms with Crippen molar-refractivity contribution < 1.29 is 17.9 Å². The van der Waals surface area contributed by atoms with Crippen molar-refractivity contribution >= 4 is 33.0 Å². The lowest BCUT2D eigenvalue weighted by molar-refractivity contribution is 0.0952. The molecule has 29 heavy (non-hydrogen) atoms. The van der Waals surface area contributed by atoms with Crippen molar-refractivity contribution in [2.75, 3.05) is 44.3 Å². The molecule has 2 aliphatic rings. The molecular formula is C20H25N3O4S2. The molecule has 1 N–H and O–H groups in total. The van der Waals surface area contributed by atoms with Crippen molar-refractivity contribution in [3.63, 3.8) is 0 Å². The molecule has 0 radical (unpaired) electrons. The number of nitrogens with one attached hydrogen (secondary N) is 1. The molecule has 0 saturated carbocycles. The van der Waals surface area contributed by atoms with Crippen LogP contribution in [-0.4, -0.2) is 58.0 Å². The van der Waals surface area contributed by atoms with Crippen LogP contribution in [0.1, 0.15) is 28.1 Å². The highest BCUT2D eigenvalue weighted by Crippen LogP contribution is 2.27. The lowest BCUT2D eigenvalue weighted by atomic mass is 10.2. The number of thiophene rings is 1. The number of morpholine rings is 1. The van der Waals surface area contributed by atoms with Gasteiger partial charge in [0, 0.05) is 38.4 Å². The number of benzene rings is 1. The summed E-state index contributed by atoms with van der Waals surface area (Å²) in [6.45, 7) is 4.63. The zero-order chi connectivity index (χ0) is 20.3. The lowest BCUT2D eigenvalue weighted by Gasteiger charge is -2.28. The molecule has 2 saturated heterocycles. The molecule has 1 aromatic carbocycles. The first kappa shape index (κ1) is 20.3. The van der Waals surface area contributed by atoms with Crippen LogP contribution in [0.5, 0.6) is 0 Å². The predicted molar refractivity (Wildman–Crippen MR) is 113 cm³/mol. The molecule has 2 aliphatic heterocycles. The minimum atomic E-state index is -3.60. The molecule has 0 spiro atoms. The third-order valence-corrected chi connectivity index (χ3v) is 8.27. The molecule has 9 heteroatoms. The van der Waals surface area contributed by atoms with Crippen molar-refractivity contribution in [1.29, 1.82) is 0 Å². The van der Waals surface area contributed by atoms with Crippen LogP contribution >= 0.6 is 11.3 Å². The second-order valence-electron chi connectivity index (χ2n) is 7.17. The molecular weight excluding hydrogens is 410 g/mol. The fourth-order valence-electron chi connectivity index (χ4n) is 3.64. The van der Waals surface area contributed by atoms with Crippen LogP contribution in [0.4, 0.5) is 5.69 Å². The molecule has 156 valence electrons. The number of sulfonamides is 1. The molecule has 0 bridgehead atoms. The summed E-state index contributed by atoms with van der Waals surface area (Å²) in [5, 5.41) is 4.52. The standard InChI is InChI=1S/C20H25N3O4S2/c24-20(19-18(7-14-28-19)29(25,26)23-8-1-2-9-23)21-15-16-3-5-17(6-4-16)22-10-12-27-13-11-22/h3-7,14H,1-2,8-13,15H2,(H,21,24). The Morgan fingerprint density at radius 2 is 1.72 bits per heavy atom. The van der Waals surface area contributed by atoms with E-state index in [0.717, 1.165) is 61.7 Å². The average Bonchev–Trinajstić information content (AvgIpc) is 3.46. The molecule has 7 nitrogen and oxygen atoms in total. The maximum absolute atomic E-state index is 12.8. The number of rotatable bonds is 6. The average molecular weight is 436 g/mol. The second-order valence-corrected chi connectivity index (χ2v) is 10.00. The second kappa shape index (κ2) is 8.83. The number of hydrogen-bond acceptors (Lipinski definition) is 6. The highest BCUT2D eigenvalue weighted by Gasteiger charge is 2.31. The van der Waals surface area contributed by atoms with Crippen LogP contribution < -0.4 is 10.2 Å². The Labute approximate surface area is 175 Å². The van der Waals surface area contributed by atoms with E-state index in [1.54, 1.807) is 5.38 Å². The molecule has 1 amide bonds. The van der Waals surface area contributed by atoms with E-state index < -0.39 is 10.0 Å². The van der Waals surface area contributed by atoms with Crippen LogP contribution in [-0.2, 0) is 21.3 Å². The molecule has 0 aliphatic carbocycles. The molecule has 2 fully saturated rings. The van der Waals surface area contributed by atoms with E-state index in [-0.39, 0.29) is 15.7 Å². The molecule has 4 rings (SSSR count). The van der Waals surface area contributed by atoms with Crippen LogP contribution in [0.15, 0.2) is 40.6 Å². The van der Waals surface area contributed by atoms with Gasteiger partial charge in [0.2, 0.25) is 10.0 Å². The van der Waals surface area contributed by atoms with E-state index in [2.05, 4.69) is 10.2 Å². The van der Waals surface area contributed by atoms with Gasteiger partial charge in [-0.15, -0.1) is 11.3 Å². The number of carbonyl (C=O) groups excluding carboxylic acids is 1. The first-order valence-corrected chi connectivity index (χ1v) is 12.2. The highest BCUT2D eigenvalue weighted by atomic mass is 32.2. The fourth-order valence-corrected chi connectivity index (χ4v) is 6.48. The van der Waals surface area contributed by atoms with E-state index in [1.807, 2.05) is 24.3 Å². The maximum Gasteiger partial charge on any atom is 0.263 e. The third kappa shape index (κ3) is 4.48. The van der Waals surface area contributed by atoms with E-state index in [9.17, 15) is 13.2 Å². The van der Waals surface area contributed by atoms with Gasteiger partial charge < -0.3 is 15.0 Å². The minimum absolute atomic E-state index is 0.115. The topological polar surface area (TPSA) is 79.0 Å². The van der Waals surface area contributed by atoms with Gasteiger partial charge in [-0.2, -0.15) is 4.31 Å². The largest absolute Gasteiger partial charge is 0.378 e. The van der Waals surface area contributed by atoms with Gasteiger partial charge in [-0.05, 0) is 42.0 Å². The van der Waals surface area contributed by atoms with Crippen molar-refractivity contribution in [3.05, 3.63) is 46.2 Å². The first-order valence-electron chi connectivity index (χ1n) is 9.83. The SMILES string of the molecule is O=C(NCc1ccc(N2CCOCC2)cc1)c1sccc1S(=O)(=O)N1CCCC1. The van der Waals surface area contributed by atoms with Crippen LogP contribution in [0.25, 0.3) is 0 Å². The molecule has 2 aromatic rings. The van der Waals surface area contributed by atoms with Gasteiger partial charge >= 0.3 is 0 Å². The van der Waals surface area contributed by atoms with Gasteiger partial charge in [0.05, 0.1) is 13.2 Å². The van der Waals surface area contributed by atoms with Crippen LogP contribution in [0.2, 0.25) is 0 Å². The summed E-state index contributed by atoms with van der Waals surface area (Å²) in [5.74, 6) is -0.352. The van der Waals surface area contributed by atoms with E-state index in [1.165, 1.54) is 10.4 Å². The van der Waals surface area contributed by atoms with Gasteiger partial charge in [-0.25, -0.2) is 8.42 Å². The molecule has 3 heterocycles. The Morgan fingerprint density at radius 1 is 1.03 bits per heavy atom. The van der Waals surface area contributed by atoms with Crippen molar-refractivity contribution in [3.8, 4) is 0 Å². The number of amides is 1. The van der Waals surface area contributed by atoms with Gasteiger partial charge in [0.15, 0.2) is 0 Å². The maximum atomic E-state index is 12.8. The van der Waals surface area contributed by atoms with Gasteiger partial charge in [0.25, 0.3) is 5.91 Å². The minimum Gasteiger partial charge on any atom is -0.378 e. The summed E-state index contributed by atoms with van der Waals surface area (Å²) in [4.78, 5) is 15.3. The number of nitrogens with zero attached hydrogens (tertiary/aromatic N) is 2. The Morgan fingerprint density at radius 3 is 2.41 bits per heavy atom. The number of hydrogen-bond donors (Lipinski definition) is 1. The van der Waals surface area contributed by atoms with E-state index in [0.29, 0.717) is 19.6 Å². The first-order chi connectivity index (χ1) is 14.1. The fraction of sp³-hybridized carbons (Fsp3) is 0.450.